The molecule has 92 heavy (non-hydrogen) atoms. The molecule has 0 radical (unpaired) electrons. The molecule has 0 spiro atoms. The number of fused-ring (bicyclic) bond motifs is 6. The quantitative estimate of drug-likeness (QED) is 0.139. The highest BCUT2D eigenvalue weighted by molar-refractivity contribution is 6.14. The van der Waals surface area contributed by atoms with Crippen molar-refractivity contribution in [3.8, 4) is 139 Å². The third-order valence-electron chi connectivity index (χ3n) is 16.3. The van der Waals surface area contributed by atoms with Crippen LogP contribution in [0.1, 0.15) is 61.2 Å². The molecule has 0 aliphatic rings. The molecule has 0 unspecified atom stereocenters. The average Bonchev–Trinajstić information content (AvgIpc) is 1.56. The van der Waals surface area contributed by atoms with Crippen LogP contribution in [0, 0.1) is 113 Å². The first-order chi connectivity index (χ1) is 44.7. The summed E-state index contributed by atoms with van der Waals surface area (Å²) in [4.78, 5) is 0. The van der Waals surface area contributed by atoms with Gasteiger partial charge in [-0.1, -0.05) is 48.5 Å². The van der Waals surface area contributed by atoms with Gasteiger partial charge in [0.05, 0.1) is 155 Å². The number of nitrogens with zero attached hydrogens (tertiary/aromatic N) is 12. The van der Waals surface area contributed by atoms with Gasteiger partial charge in [-0.15, -0.1) is 0 Å². The number of nitriles is 10. The minimum atomic E-state index is -4.76. The largest absolute Gasteiger partial charge is 0.416 e. The Balaban J connectivity index is 1.14. The summed E-state index contributed by atoms with van der Waals surface area (Å²) in [6.07, 6.45) is -4.76. The maximum atomic E-state index is 14.3. The van der Waals surface area contributed by atoms with Crippen molar-refractivity contribution in [2.75, 3.05) is 0 Å². The molecule has 0 amide bonds. The number of benzene rings is 11. The number of hydrogen-bond acceptors (Lipinski definition) is 10. The van der Waals surface area contributed by atoms with Crippen LogP contribution in [0.25, 0.3) is 122 Å². The summed E-state index contributed by atoms with van der Waals surface area (Å²) in [5.74, 6) is 0. The highest BCUT2D eigenvalue weighted by atomic mass is 19.4. The third kappa shape index (κ3) is 9.89. The van der Waals surface area contributed by atoms with E-state index in [1.165, 1.54) is 30.3 Å². The lowest BCUT2D eigenvalue weighted by Crippen LogP contribution is -2.05. The first kappa shape index (κ1) is 56.8. The van der Waals surface area contributed by atoms with Crippen molar-refractivity contribution in [1.82, 2.24) is 9.13 Å². The van der Waals surface area contributed by atoms with Crippen LogP contribution in [-0.2, 0) is 6.18 Å². The van der Waals surface area contributed by atoms with Gasteiger partial charge in [0.1, 0.15) is 0 Å². The number of rotatable bonds is 8. The van der Waals surface area contributed by atoms with Gasteiger partial charge in [0.25, 0.3) is 0 Å². The lowest BCUT2D eigenvalue weighted by atomic mass is 9.93. The van der Waals surface area contributed by atoms with E-state index in [2.05, 4.69) is 54.6 Å². The highest BCUT2D eigenvalue weighted by Gasteiger charge is 2.32. The van der Waals surface area contributed by atoms with E-state index in [0.29, 0.717) is 116 Å². The fourth-order valence-electron chi connectivity index (χ4n) is 12.2. The predicted molar refractivity (Wildman–Crippen MR) is 340 cm³/mol. The molecule has 13 aromatic rings. The van der Waals surface area contributed by atoms with Crippen molar-refractivity contribution < 1.29 is 13.2 Å². The monoisotopic (exact) mass is 1180 g/mol. The molecule has 11 aromatic carbocycles. The van der Waals surface area contributed by atoms with Gasteiger partial charge in [-0.05, 0) is 207 Å². The lowest BCUT2D eigenvalue weighted by molar-refractivity contribution is -0.137. The molecule has 422 valence electrons. The molecule has 0 bridgehead atoms. The number of alkyl halides is 3. The molecule has 2 heterocycles. The van der Waals surface area contributed by atoms with Crippen molar-refractivity contribution in [2.24, 2.45) is 0 Å². The molecule has 2 aromatic heterocycles. The summed E-state index contributed by atoms with van der Waals surface area (Å²) in [5.41, 5.74) is 11.3. The molecule has 0 saturated carbocycles. The van der Waals surface area contributed by atoms with E-state index in [0.717, 1.165) is 12.1 Å². The summed E-state index contributed by atoms with van der Waals surface area (Å²) in [5, 5.41) is 104. The zero-order valence-corrected chi connectivity index (χ0v) is 47.6. The Hall–Kier alpha value is -14.3. The van der Waals surface area contributed by atoms with Crippen LogP contribution in [0.3, 0.4) is 0 Å². The molecule has 15 heteroatoms. The predicted octanol–water partition coefficient (Wildman–Crippen LogP) is 17.6. The van der Waals surface area contributed by atoms with Crippen molar-refractivity contribution in [3.63, 3.8) is 0 Å². The van der Waals surface area contributed by atoms with Gasteiger partial charge in [0.2, 0.25) is 0 Å². The number of halogens is 3. The summed E-state index contributed by atoms with van der Waals surface area (Å²) in [6.45, 7) is 0. The Bertz CT molecular complexity index is 5510. The van der Waals surface area contributed by atoms with E-state index < -0.39 is 11.7 Å². The molecule has 0 aliphatic carbocycles. The van der Waals surface area contributed by atoms with Crippen LogP contribution >= 0.6 is 0 Å². The molecule has 0 aliphatic heterocycles. The summed E-state index contributed by atoms with van der Waals surface area (Å²) < 4.78 is 47.0. The van der Waals surface area contributed by atoms with Crippen molar-refractivity contribution in [1.29, 1.82) is 52.6 Å². The molecule has 13 rings (SSSR count). The van der Waals surface area contributed by atoms with E-state index in [4.69, 9.17) is 0 Å². The van der Waals surface area contributed by atoms with E-state index in [1.54, 1.807) is 72.8 Å². The second kappa shape index (κ2) is 22.5. The highest BCUT2D eigenvalue weighted by Crippen LogP contribution is 2.46. The second-order valence-corrected chi connectivity index (χ2v) is 21.6. The van der Waals surface area contributed by atoms with Crippen LogP contribution < -0.4 is 0 Å². The number of hydrogen-bond donors (Lipinski definition) is 0. The van der Waals surface area contributed by atoms with Gasteiger partial charge in [-0.3, -0.25) is 0 Å². The Morgan fingerprint density at radius 1 is 0.239 bits per heavy atom. The topological polar surface area (TPSA) is 248 Å². The lowest BCUT2D eigenvalue weighted by Gasteiger charge is -2.20. The van der Waals surface area contributed by atoms with Crippen molar-refractivity contribution in [2.45, 2.75) is 6.18 Å². The van der Waals surface area contributed by atoms with E-state index >= 15 is 0 Å². The zero-order valence-electron chi connectivity index (χ0n) is 47.6. The van der Waals surface area contributed by atoms with Crippen LogP contribution in [0.4, 0.5) is 13.2 Å². The van der Waals surface area contributed by atoms with Gasteiger partial charge in [-0.25, -0.2) is 0 Å². The first-order valence-corrected chi connectivity index (χ1v) is 28.0. The second-order valence-electron chi connectivity index (χ2n) is 21.6. The average molecular weight is 1180 g/mol. The van der Waals surface area contributed by atoms with Crippen LogP contribution in [0.5, 0.6) is 0 Å². The minimum Gasteiger partial charge on any atom is -0.309 e. The van der Waals surface area contributed by atoms with Crippen LogP contribution in [0.2, 0.25) is 0 Å². The number of aromatic nitrogens is 2. The van der Waals surface area contributed by atoms with Gasteiger partial charge >= 0.3 is 6.18 Å². The molecule has 0 atom stereocenters. The van der Waals surface area contributed by atoms with Crippen molar-refractivity contribution in [3.05, 3.63) is 261 Å². The van der Waals surface area contributed by atoms with E-state index in [-0.39, 0.29) is 61.2 Å². The van der Waals surface area contributed by atoms with E-state index in [1.807, 2.05) is 100 Å². The Morgan fingerprint density at radius 2 is 0.533 bits per heavy atom. The molecule has 0 N–H and O–H groups in total. The Morgan fingerprint density at radius 3 is 0.837 bits per heavy atom. The summed E-state index contributed by atoms with van der Waals surface area (Å²) >= 11 is 0. The Labute approximate surface area is 522 Å². The standard InChI is InChI=1S/C77H33F3N12/c78-77(79,80)63-7-10-64(62(28-63)43-90)57-2-9-66(76(33-57)92-73-13-5-55(60-23-49(39-86)17-50(24-60)40-87)31-69(73)70-32-56(6-14-74(70)92)61-25-51(41-88)18-52(26-61)42-89)65-8-1-44(34-81)27-75(65)91-71-11-3-53(58-19-45(35-82)15-46(20-58)36-83)29-67(71)68-30-54(4-12-72(68)91)59-21-47(37-84)16-48(22-59)38-85/h1-33H. The van der Waals surface area contributed by atoms with Crippen LogP contribution in [-0.4, -0.2) is 9.13 Å². The molecule has 12 nitrogen and oxygen atoms in total. The first-order valence-electron chi connectivity index (χ1n) is 28.0. The fraction of sp³-hybridized carbons (Fsp3) is 0.0130. The van der Waals surface area contributed by atoms with Gasteiger partial charge < -0.3 is 9.13 Å². The summed E-state index contributed by atoms with van der Waals surface area (Å²) in [7, 11) is 0. The maximum absolute atomic E-state index is 14.3. The molecule has 0 saturated heterocycles. The normalized spacial score (nSPS) is 10.9. The smallest absolute Gasteiger partial charge is 0.309 e. The van der Waals surface area contributed by atoms with Crippen molar-refractivity contribution >= 4 is 43.6 Å². The molecular weight excluding hydrogens is 1150 g/mol. The summed E-state index contributed by atoms with van der Waals surface area (Å²) in [6, 6.07) is 77.3. The van der Waals surface area contributed by atoms with Crippen LogP contribution in [0.15, 0.2) is 200 Å². The van der Waals surface area contributed by atoms with Gasteiger partial charge in [0, 0.05) is 32.7 Å². The fourth-order valence-corrected chi connectivity index (χ4v) is 12.2. The molecule has 0 fully saturated rings. The van der Waals surface area contributed by atoms with Gasteiger partial charge in [-0.2, -0.15) is 65.8 Å². The minimum absolute atomic E-state index is 0.202. The Kier molecular flexibility index (Phi) is 13.9. The third-order valence-corrected chi connectivity index (χ3v) is 16.3. The SMILES string of the molecule is N#Cc1cc(C#N)cc(-c2ccc3c(c2)c2cc(-c4cc(C#N)cc(C#N)c4)ccc2n3-c2cc(C#N)ccc2-c2ccc(-c3ccc(C(F)(F)F)cc3C#N)cc2-n2c3ccc(-c4cc(C#N)cc(C#N)c4)cc3c3cc(-c4cc(C#N)cc(C#N)c4)ccc32)c1. The zero-order chi connectivity index (χ0) is 64.1. The maximum Gasteiger partial charge on any atom is 0.416 e. The van der Waals surface area contributed by atoms with Gasteiger partial charge in [0.15, 0.2) is 0 Å². The van der Waals surface area contributed by atoms with E-state index in [9.17, 15) is 65.8 Å². The molecular formula is C77H33F3N12.